The highest BCUT2D eigenvalue weighted by atomic mass is 35.5. The molecule has 7 heteroatoms. The van der Waals surface area contributed by atoms with E-state index in [2.05, 4.69) is 10.6 Å². The van der Waals surface area contributed by atoms with Crippen LogP contribution in [0.25, 0.3) is 0 Å². The van der Waals surface area contributed by atoms with Crippen molar-refractivity contribution in [2.45, 2.75) is 26.3 Å². The highest BCUT2D eigenvalue weighted by Gasteiger charge is 2.18. The molecule has 0 fully saturated rings. The Morgan fingerprint density at radius 3 is 2.27 bits per heavy atom. The van der Waals surface area contributed by atoms with Crippen LogP contribution in [0.15, 0.2) is 24.3 Å². The van der Waals surface area contributed by atoms with Gasteiger partial charge in [-0.1, -0.05) is 31.9 Å². The van der Waals surface area contributed by atoms with E-state index in [-0.39, 0.29) is 30.1 Å². The number of carbonyl (C=O) groups is 2. The average Bonchev–Trinajstić information content (AvgIpc) is 2.50. The van der Waals surface area contributed by atoms with Gasteiger partial charge in [0.1, 0.15) is 0 Å². The summed E-state index contributed by atoms with van der Waals surface area (Å²) in [7, 11) is 0. The van der Waals surface area contributed by atoms with Crippen molar-refractivity contribution in [2.75, 3.05) is 13.1 Å². The highest BCUT2D eigenvalue weighted by Crippen LogP contribution is 2.09. The zero-order chi connectivity index (χ0) is 15.8. The summed E-state index contributed by atoms with van der Waals surface area (Å²) in [5.41, 5.74) is 6.34. The van der Waals surface area contributed by atoms with Gasteiger partial charge in [-0.2, -0.15) is 0 Å². The number of amides is 2. The van der Waals surface area contributed by atoms with Crippen LogP contribution in [0.4, 0.5) is 0 Å². The van der Waals surface area contributed by atoms with Gasteiger partial charge in [0.25, 0.3) is 5.91 Å². The molecule has 124 valence electrons. The molecule has 1 aromatic rings. The van der Waals surface area contributed by atoms with Crippen LogP contribution >= 0.6 is 24.0 Å². The first kappa shape index (κ1) is 20.7. The van der Waals surface area contributed by atoms with E-state index in [0.717, 1.165) is 6.42 Å². The van der Waals surface area contributed by atoms with Crippen molar-refractivity contribution in [1.82, 2.24) is 10.6 Å². The third kappa shape index (κ3) is 6.64. The van der Waals surface area contributed by atoms with Gasteiger partial charge in [-0.25, -0.2) is 0 Å². The summed E-state index contributed by atoms with van der Waals surface area (Å²) in [6, 6.07) is 6.10. The Balaban J connectivity index is 0.00000441. The summed E-state index contributed by atoms with van der Waals surface area (Å²) in [5, 5.41) is 6.01. The molecule has 22 heavy (non-hydrogen) atoms. The summed E-state index contributed by atoms with van der Waals surface area (Å²) in [6.45, 7) is 4.62. The topological polar surface area (TPSA) is 84.2 Å². The van der Waals surface area contributed by atoms with Crippen LogP contribution in [0.3, 0.4) is 0 Å². The third-order valence-corrected chi connectivity index (χ3v) is 3.63. The van der Waals surface area contributed by atoms with Crippen molar-refractivity contribution in [3.63, 3.8) is 0 Å². The predicted octanol–water partition coefficient (Wildman–Crippen LogP) is 1.98. The van der Waals surface area contributed by atoms with Gasteiger partial charge in [0.2, 0.25) is 5.91 Å². The highest BCUT2D eigenvalue weighted by molar-refractivity contribution is 6.30. The molecule has 0 aromatic heterocycles. The lowest BCUT2D eigenvalue weighted by Gasteiger charge is -2.17. The smallest absolute Gasteiger partial charge is 0.251 e. The summed E-state index contributed by atoms with van der Waals surface area (Å²) in [5.74, 6) is -0.258. The molecule has 0 saturated heterocycles. The third-order valence-electron chi connectivity index (χ3n) is 3.38. The molecule has 1 rings (SSSR count). The number of rotatable bonds is 7. The minimum atomic E-state index is -0.512. The molecule has 0 spiro atoms. The average molecular weight is 348 g/mol. The van der Waals surface area contributed by atoms with Crippen molar-refractivity contribution in [2.24, 2.45) is 11.7 Å². The number of halogens is 2. The summed E-state index contributed by atoms with van der Waals surface area (Å²) in [6.07, 6.45) is 0.849. The van der Waals surface area contributed by atoms with E-state index < -0.39 is 6.04 Å². The van der Waals surface area contributed by atoms with Crippen LogP contribution < -0.4 is 16.4 Å². The van der Waals surface area contributed by atoms with Gasteiger partial charge in [0.15, 0.2) is 0 Å². The molecular weight excluding hydrogens is 325 g/mol. The van der Waals surface area contributed by atoms with E-state index in [1.54, 1.807) is 24.3 Å². The SMILES string of the molecule is CCC(C)C(N)C(=O)NCCNC(=O)c1ccc(Cl)cc1.Cl. The Hall–Kier alpha value is -1.30. The molecule has 0 radical (unpaired) electrons. The minimum Gasteiger partial charge on any atom is -0.353 e. The Labute approximate surface area is 142 Å². The predicted molar refractivity (Wildman–Crippen MR) is 91.5 cm³/mol. The number of nitrogens with two attached hydrogens (primary N) is 1. The summed E-state index contributed by atoms with van der Waals surface area (Å²) in [4.78, 5) is 23.5. The van der Waals surface area contributed by atoms with Gasteiger partial charge >= 0.3 is 0 Å². The maximum atomic E-state index is 11.8. The maximum Gasteiger partial charge on any atom is 0.251 e. The first-order valence-corrected chi connectivity index (χ1v) is 7.40. The van der Waals surface area contributed by atoms with Crippen LogP contribution in [0.5, 0.6) is 0 Å². The van der Waals surface area contributed by atoms with Crippen molar-refractivity contribution >= 4 is 35.8 Å². The molecule has 0 aliphatic rings. The molecule has 4 N–H and O–H groups in total. The lowest BCUT2D eigenvalue weighted by Crippen LogP contribution is -2.46. The Morgan fingerprint density at radius 2 is 1.73 bits per heavy atom. The lowest BCUT2D eigenvalue weighted by molar-refractivity contribution is -0.123. The molecular formula is C15H23Cl2N3O2. The van der Waals surface area contributed by atoms with Gasteiger partial charge < -0.3 is 16.4 Å². The molecule has 0 heterocycles. The second-order valence-corrected chi connectivity index (χ2v) is 5.40. The minimum absolute atomic E-state index is 0. The van der Waals surface area contributed by atoms with Crippen LogP contribution in [-0.2, 0) is 4.79 Å². The molecule has 0 aliphatic heterocycles. The number of carbonyl (C=O) groups excluding carboxylic acids is 2. The van der Waals surface area contributed by atoms with Crippen molar-refractivity contribution in [3.05, 3.63) is 34.9 Å². The normalized spacial score (nSPS) is 12.7. The molecule has 0 saturated carbocycles. The standard InChI is InChI=1S/C15H22ClN3O2.ClH/c1-3-10(2)13(17)15(21)19-9-8-18-14(20)11-4-6-12(16)7-5-11;/h4-7,10,13H,3,8-9,17H2,1-2H3,(H,18,20)(H,19,21);1H. The van der Waals surface area contributed by atoms with Gasteiger partial charge in [-0.3, -0.25) is 9.59 Å². The molecule has 1 aromatic carbocycles. The fourth-order valence-corrected chi connectivity index (χ4v) is 1.82. The van der Waals surface area contributed by atoms with E-state index in [4.69, 9.17) is 17.3 Å². The maximum absolute atomic E-state index is 11.8. The van der Waals surface area contributed by atoms with Gasteiger partial charge in [0, 0.05) is 23.7 Å². The number of benzene rings is 1. The largest absolute Gasteiger partial charge is 0.353 e. The summed E-state index contributed by atoms with van der Waals surface area (Å²) >= 11 is 5.75. The molecule has 0 aliphatic carbocycles. The van der Waals surface area contributed by atoms with Crippen LogP contribution in [0.2, 0.25) is 5.02 Å². The molecule has 5 nitrogen and oxygen atoms in total. The molecule has 0 bridgehead atoms. The van der Waals surface area contributed by atoms with Gasteiger partial charge in [-0.15, -0.1) is 12.4 Å². The van der Waals surface area contributed by atoms with Gasteiger partial charge in [-0.05, 0) is 30.2 Å². The fraction of sp³-hybridized carbons (Fsp3) is 0.467. The van der Waals surface area contributed by atoms with Crippen LogP contribution in [0, 0.1) is 5.92 Å². The second-order valence-electron chi connectivity index (χ2n) is 4.97. The quantitative estimate of drug-likeness (QED) is 0.659. The Bertz CT molecular complexity index is 480. The van der Waals surface area contributed by atoms with E-state index >= 15 is 0 Å². The molecule has 2 amide bonds. The van der Waals surface area contributed by atoms with Gasteiger partial charge in [0.05, 0.1) is 6.04 Å². The second kappa shape index (κ2) is 10.4. The Morgan fingerprint density at radius 1 is 1.18 bits per heavy atom. The molecule has 2 unspecified atom stereocenters. The zero-order valence-corrected chi connectivity index (χ0v) is 14.3. The monoisotopic (exact) mass is 347 g/mol. The van der Waals surface area contributed by atoms with E-state index in [0.29, 0.717) is 23.7 Å². The van der Waals surface area contributed by atoms with Crippen LogP contribution in [-0.4, -0.2) is 30.9 Å². The van der Waals surface area contributed by atoms with E-state index in [9.17, 15) is 9.59 Å². The Kier molecular flexibility index (Phi) is 9.81. The van der Waals surface area contributed by atoms with E-state index in [1.165, 1.54) is 0 Å². The van der Waals surface area contributed by atoms with Crippen molar-refractivity contribution in [1.29, 1.82) is 0 Å². The van der Waals surface area contributed by atoms with Crippen molar-refractivity contribution < 1.29 is 9.59 Å². The summed E-state index contributed by atoms with van der Waals surface area (Å²) < 4.78 is 0. The van der Waals surface area contributed by atoms with Crippen molar-refractivity contribution in [3.8, 4) is 0 Å². The first-order valence-electron chi connectivity index (χ1n) is 7.02. The van der Waals surface area contributed by atoms with Crippen LogP contribution in [0.1, 0.15) is 30.6 Å². The number of hydrogen-bond donors (Lipinski definition) is 3. The lowest BCUT2D eigenvalue weighted by atomic mass is 9.99. The number of nitrogens with one attached hydrogen (secondary N) is 2. The number of hydrogen-bond acceptors (Lipinski definition) is 3. The van der Waals surface area contributed by atoms with E-state index in [1.807, 2.05) is 13.8 Å². The fourth-order valence-electron chi connectivity index (χ4n) is 1.70. The first-order chi connectivity index (χ1) is 9.95. The zero-order valence-electron chi connectivity index (χ0n) is 12.8. The molecule has 2 atom stereocenters.